The topological polar surface area (TPSA) is 66.9 Å². The lowest BCUT2D eigenvalue weighted by atomic mass is 10.1. The maximum Gasteiger partial charge on any atom is 0.237 e. The number of hydrogen-bond donors (Lipinski definition) is 0. The maximum absolute atomic E-state index is 13.0. The van der Waals surface area contributed by atoms with E-state index >= 15 is 0 Å². The third-order valence-corrected chi connectivity index (χ3v) is 6.76. The van der Waals surface area contributed by atoms with Crippen LogP contribution in [-0.2, 0) is 21.2 Å². The Balaban J connectivity index is 2.19. The van der Waals surface area contributed by atoms with Gasteiger partial charge in [-0.05, 0) is 51.8 Å². The molecule has 0 saturated carbocycles. The van der Waals surface area contributed by atoms with E-state index in [1.165, 1.54) is 0 Å². The Morgan fingerprint density at radius 2 is 1.74 bits per heavy atom. The van der Waals surface area contributed by atoms with Crippen molar-refractivity contribution in [2.45, 2.75) is 58.8 Å². The van der Waals surface area contributed by atoms with Crippen LogP contribution in [0.4, 0.5) is 0 Å². The van der Waals surface area contributed by atoms with Crippen LogP contribution in [0.15, 0.2) is 24.3 Å². The summed E-state index contributed by atoms with van der Waals surface area (Å²) in [6, 6.07) is 7.78. The van der Waals surface area contributed by atoms with E-state index in [1.807, 2.05) is 61.8 Å². The number of benzene rings is 1. The molecule has 1 aromatic carbocycles. The summed E-state index contributed by atoms with van der Waals surface area (Å²) in [4.78, 5) is 16.8. The Hall–Kier alpha value is -1.60. The van der Waals surface area contributed by atoms with Crippen molar-refractivity contribution in [1.82, 2.24) is 9.80 Å². The zero-order valence-corrected chi connectivity index (χ0v) is 17.8. The zero-order valence-electron chi connectivity index (χ0n) is 17.0. The third kappa shape index (κ3) is 5.94. The van der Waals surface area contributed by atoms with E-state index in [2.05, 4.69) is 0 Å². The van der Waals surface area contributed by atoms with Crippen molar-refractivity contribution in [3.05, 3.63) is 29.8 Å². The highest BCUT2D eigenvalue weighted by molar-refractivity contribution is 7.91. The van der Waals surface area contributed by atoms with Crippen LogP contribution in [0.2, 0.25) is 0 Å². The Labute approximate surface area is 163 Å². The number of amides is 1. The average molecular weight is 397 g/mol. The van der Waals surface area contributed by atoms with Gasteiger partial charge in [-0.25, -0.2) is 8.42 Å². The first kappa shape index (κ1) is 21.7. The van der Waals surface area contributed by atoms with E-state index in [4.69, 9.17) is 4.74 Å². The van der Waals surface area contributed by atoms with E-state index in [0.29, 0.717) is 13.0 Å². The van der Waals surface area contributed by atoms with Crippen molar-refractivity contribution >= 4 is 15.7 Å². The third-order valence-electron chi connectivity index (χ3n) is 5.01. The van der Waals surface area contributed by atoms with Crippen molar-refractivity contribution in [3.8, 4) is 5.75 Å². The summed E-state index contributed by atoms with van der Waals surface area (Å²) >= 11 is 0. The molecule has 7 heteroatoms. The fraction of sp³-hybridized carbons (Fsp3) is 0.650. The Morgan fingerprint density at radius 3 is 2.19 bits per heavy atom. The number of methoxy groups -OCH3 is 1. The number of ether oxygens (including phenoxy) is 1. The van der Waals surface area contributed by atoms with Gasteiger partial charge in [0, 0.05) is 24.7 Å². The maximum atomic E-state index is 13.0. The van der Waals surface area contributed by atoms with Gasteiger partial charge in [-0.15, -0.1) is 0 Å². The summed E-state index contributed by atoms with van der Waals surface area (Å²) in [6.45, 7) is 8.79. The minimum atomic E-state index is -3.02. The van der Waals surface area contributed by atoms with E-state index in [1.54, 1.807) is 7.11 Å². The second kappa shape index (κ2) is 9.06. The average Bonchev–Trinajstić information content (AvgIpc) is 2.94. The minimum Gasteiger partial charge on any atom is -0.497 e. The van der Waals surface area contributed by atoms with Crippen molar-refractivity contribution in [1.29, 1.82) is 0 Å². The number of rotatable bonds is 8. The molecule has 1 aliphatic rings. The number of sulfone groups is 1. The minimum absolute atomic E-state index is 0.0396. The summed E-state index contributed by atoms with van der Waals surface area (Å²) in [7, 11) is -1.40. The molecule has 6 nitrogen and oxygen atoms in total. The highest BCUT2D eigenvalue weighted by atomic mass is 32.2. The van der Waals surface area contributed by atoms with Crippen LogP contribution < -0.4 is 4.74 Å². The van der Waals surface area contributed by atoms with E-state index in [-0.39, 0.29) is 42.1 Å². The number of nitrogens with zero attached hydrogens (tertiary/aromatic N) is 2. The van der Waals surface area contributed by atoms with Gasteiger partial charge in [0.1, 0.15) is 5.75 Å². The summed E-state index contributed by atoms with van der Waals surface area (Å²) < 4.78 is 29.2. The largest absolute Gasteiger partial charge is 0.497 e. The molecule has 1 unspecified atom stereocenters. The molecule has 1 amide bonds. The molecule has 2 rings (SSSR count). The summed E-state index contributed by atoms with van der Waals surface area (Å²) in [6.07, 6.45) is 0.578. The predicted molar refractivity (Wildman–Crippen MR) is 108 cm³/mol. The van der Waals surface area contributed by atoms with Crippen molar-refractivity contribution < 1.29 is 17.9 Å². The lowest BCUT2D eigenvalue weighted by Gasteiger charge is -2.35. The second-order valence-corrected chi connectivity index (χ2v) is 10.0. The molecule has 0 bridgehead atoms. The normalized spacial score (nSPS) is 19.0. The SMILES string of the molecule is COc1ccc(CN(CC(=O)N(C(C)C)C(C)C)C2CCS(=O)(=O)C2)cc1. The molecule has 27 heavy (non-hydrogen) atoms. The molecular formula is C20H32N2O4S. The Kier molecular flexibility index (Phi) is 7.28. The quantitative estimate of drug-likeness (QED) is 0.675. The molecule has 1 atom stereocenters. The van der Waals surface area contributed by atoms with E-state index in [0.717, 1.165) is 11.3 Å². The zero-order chi connectivity index (χ0) is 20.2. The van der Waals surface area contributed by atoms with Gasteiger partial charge in [0.05, 0.1) is 25.2 Å². The van der Waals surface area contributed by atoms with Crippen molar-refractivity contribution in [3.63, 3.8) is 0 Å². The number of carbonyl (C=O) groups excluding carboxylic acids is 1. The van der Waals surface area contributed by atoms with Gasteiger partial charge in [0.15, 0.2) is 9.84 Å². The molecule has 1 heterocycles. The number of hydrogen-bond acceptors (Lipinski definition) is 5. The van der Waals surface area contributed by atoms with Gasteiger partial charge in [0.2, 0.25) is 5.91 Å². The molecule has 1 aromatic rings. The van der Waals surface area contributed by atoms with Crippen LogP contribution >= 0.6 is 0 Å². The monoisotopic (exact) mass is 396 g/mol. The van der Waals surface area contributed by atoms with Gasteiger partial charge < -0.3 is 9.64 Å². The van der Waals surface area contributed by atoms with Gasteiger partial charge in [-0.1, -0.05) is 12.1 Å². The standard InChI is InChI=1S/C20H32N2O4S/c1-15(2)22(16(3)4)20(23)13-21(18-10-11-27(24,25)14-18)12-17-6-8-19(26-5)9-7-17/h6-9,15-16,18H,10-14H2,1-5H3. The van der Waals surface area contributed by atoms with Crippen LogP contribution in [-0.4, -0.2) is 67.4 Å². The van der Waals surface area contributed by atoms with Crippen LogP contribution in [0, 0.1) is 0 Å². The van der Waals surface area contributed by atoms with Crippen molar-refractivity contribution in [2.75, 3.05) is 25.2 Å². The lowest BCUT2D eigenvalue weighted by Crippen LogP contribution is -2.49. The first-order valence-electron chi connectivity index (χ1n) is 9.51. The summed E-state index contributed by atoms with van der Waals surface area (Å²) in [5, 5.41) is 0. The van der Waals surface area contributed by atoms with Crippen LogP contribution in [0.5, 0.6) is 5.75 Å². The van der Waals surface area contributed by atoms with Gasteiger partial charge in [-0.2, -0.15) is 0 Å². The van der Waals surface area contributed by atoms with Gasteiger partial charge in [0.25, 0.3) is 0 Å². The fourth-order valence-corrected chi connectivity index (χ4v) is 5.53. The molecule has 1 fully saturated rings. The first-order chi connectivity index (χ1) is 12.6. The van der Waals surface area contributed by atoms with Crippen molar-refractivity contribution in [2.24, 2.45) is 0 Å². The van der Waals surface area contributed by atoms with Gasteiger partial charge >= 0.3 is 0 Å². The second-order valence-electron chi connectivity index (χ2n) is 7.80. The van der Waals surface area contributed by atoms with E-state index in [9.17, 15) is 13.2 Å². The smallest absolute Gasteiger partial charge is 0.237 e. The van der Waals surface area contributed by atoms with Crippen LogP contribution in [0.1, 0.15) is 39.7 Å². The van der Waals surface area contributed by atoms with Crippen LogP contribution in [0.25, 0.3) is 0 Å². The molecule has 0 radical (unpaired) electrons. The summed E-state index contributed by atoms with van der Waals surface area (Å²) in [5.74, 6) is 1.14. The molecular weight excluding hydrogens is 364 g/mol. The molecule has 0 spiro atoms. The molecule has 1 aliphatic heterocycles. The molecule has 0 N–H and O–H groups in total. The van der Waals surface area contributed by atoms with Crippen LogP contribution in [0.3, 0.4) is 0 Å². The highest BCUT2D eigenvalue weighted by Gasteiger charge is 2.34. The highest BCUT2D eigenvalue weighted by Crippen LogP contribution is 2.22. The molecule has 0 aliphatic carbocycles. The first-order valence-corrected chi connectivity index (χ1v) is 11.3. The molecule has 1 saturated heterocycles. The van der Waals surface area contributed by atoms with Gasteiger partial charge in [-0.3, -0.25) is 9.69 Å². The van der Waals surface area contributed by atoms with E-state index < -0.39 is 9.84 Å². The fourth-order valence-electron chi connectivity index (χ4n) is 3.77. The predicted octanol–water partition coefficient (Wildman–Crippen LogP) is 2.33. The lowest BCUT2D eigenvalue weighted by molar-refractivity contribution is -0.136. The molecule has 0 aromatic heterocycles. The Morgan fingerprint density at radius 1 is 1.15 bits per heavy atom. The summed E-state index contributed by atoms with van der Waals surface area (Å²) in [5.41, 5.74) is 1.04. The Bertz CT molecular complexity index is 721. The number of carbonyl (C=O) groups is 1. The molecule has 152 valence electrons.